The molecule has 0 unspecified atom stereocenters. The lowest BCUT2D eigenvalue weighted by atomic mass is 9.92. The summed E-state index contributed by atoms with van der Waals surface area (Å²) >= 11 is 0. The Balaban J connectivity index is 1.43. The van der Waals surface area contributed by atoms with E-state index in [0.717, 1.165) is 11.3 Å². The first kappa shape index (κ1) is 21.2. The average Bonchev–Trinajstić information content (AvgIpc) is 3.25. The average molecular weight is 433 g/mol. The summed E-state index contributed by atoms with van der Waals surface area (Å²) < 4.78 is 40.0. The normalized spacial score (nSPS) is 26.5. The lowest BCUT2D eigenvalue weighted by molar-refractivity contribution is 0.0690. The van der Waals surface area contributed by atoms with Crippen LogP contribution in [-0.2, 0) is 24.9 Å². The molecule has 2 aliphatic rings. The van der Waals surface area contributed by atoms with Crippen molar-refractivity contribution < 1.29 is 17.9 Å². The molecule has 2 aromatic rings. The molecule has 0 saturated carbocycles. The fraction of sp³-hybridized carbons (Fsp3) is 0.524. The number of anilines is 1. The second kappa shape index (κ2) is 7.88. The molecule has 0 aliphatic carbocycles. The minimum atomic E-state index is -3.65. The van der Waals surface area contributed by atoms with Crippen molar-refractivity contribution in [2.45, 2.75) is 62.3 Å². The van der Waals surface area contributed by atoms with Crippen LogP contribution in [0.5, 0.6) is 0 Å². The van der Waals surface area contributed by atoms with Crippen LogP contribution >= 0.6 is 0 Å². The molecule has 2 aliphatic heterocycles. The van der Waals surface area contributed by atoms with Crippen molar-refractivity contribution in [3.63, 3.8) is 0 Å². The molecule has 4 rings (SSSR count). The lowest BCUT2D eigenvalue weighted by Gasteiger charge is -2.21. The Hall–Kier alpha value is -2.07. The molecule has 2 N–H and O–H groups in total. The number of nitrogens with one attached hydrogen (secondary N) is 2. The van der Waals surface area contributed by atoms with E-state index in [1.165, 1.54) is 0 Å². The van der Waals surface area contributed by atoms with Crippen LogP contribution in [0, 0.1) is 6.92 Å². The van der Waals surface area contributed by atoms with Crippen molar-refractivity contribution >= 4 is 16.0 Å². The van der Waals surface area contributed by atoms with E-state index in [1.54, 1.807) is 30.5 Å². The molecule has 4 atom stereocenters. The first-order chi connectivity index (χ1) is 14.1. The predicted molar refractivity (Wildman–Crippen MR) is 113 cm³/mol. The molecule has 0 amide bonds. The van der Waals surface area contributed by atoms with Gasteiger partial charge in [0.05, 0.1) is 35.9 Å². The number of nitrogens with zero attached hydrogens (tertiary/aromatic N) is 2. The zero-order chi connectivity index (χ0) is 21.5. The number of rotatable bonds is 5. The first-order valence-corrected chi connectivity index (χ1v) is 11.5. The van der Waals surface area contributed by atoms with Gasteiger partial charge in [0.2, 0.25) is 16.0 Å². The molecule has 1 aromatic heterocycles. The number of aromatic nitrogens is 2. The topological polar surface area (TPSA) is 102 Å². The van der Waals surface area contributed by atoms with Gasteiger partial charge in [-0.1, -0.05) is 38.5 Å². The van der Waals surface area contributed by atoms with Gasteiger partial charge in [-0.3, -0.25) is 0 Å². The Morgan fingerprint density at radius 1 is 1.00 bits per heavy atom. The van der Waals surface area contributed by atoms with E-state index in [2.05, 4.69) is 40.8 Å². The molecule has 0 radical (unpaired) electrons. The zero-order valence-corrected chi connectivity index (χ0v) is 18.4. The van der Waals surface area contributed by atoms with Gasteiger partial charge in [0.15, 0.2) is 0 Å². The third-order valence-electron chi connectivity index (χ3n) is 5.43. The van der Waals surface area contributed by atoms with Crippen molar-refractivity contribution in [1.29, 1.82) is 0 Å². The largest absolute Gasteiger partial charge is 0.371 e. The summed E-state index contributed by atoms with van der Waals surface area (Å²) in [5.74, 6) is 0.518. The maximum absolute atomic E-state index is 12.7. The van der Waals surface area contributed by atoms with Gasteiger partial charge in [0.25, 0.3) is 0 Å². The van der Waals surface area contributed by atoms with Gasteiger partial charge in [-0.2, -0.15) is 0 Å². The highest BCUT2D eigenvalue weighted by Gasteiger charge is 2.49. The smallest absolute Gasteiger partial charge is 0.240 e. The predicted octanol–water partition coefficient (Wildman–Crippen LogP) is 2.01. The molecule has 2 saturated heterocycles. The molecular weight excluding hydrogens is 404 g/mol. The van der Waals surface area contributed by atoms with Crippen LogP contribution in [0.15, 0.2) is 41.4 Å². The van der Waals surface area contributed by atoms with Gasteiger partial charge < -0.3 is 14.8 Å². The molecule has 30 heavy (non-hydrogen) atoms. The van der Waals surface area contributed by atoms with E-state index in [0.29, 0.717) is 12.6 Å². The summed E-state index contributed by atoms with van der Waals surface area (Å²) in [4.78, 5) is 9.15. The van der Waals surface area contributed by atoms with Crippen molar-refractivity contribution in [3.05, 3.63) is 47.8 Å². The molecule has 1 aromatic carbocycles. The highest BCUT2D eigenvalue weighted by Crippen LogP contribution is 2.30. The number of fused-ring (bicyclic) bond motifs is 1. The Morgan fingerprint density at radius 2 is 1.63 bits per heavy atom. The molecule has 0 bridgehead atoms. The molecule has 9 heteroatoms. The van der Waals surface area contributed by atoms with Gasteiger partial charge in [0.1, 0.15) is 12.2 Å². The van der Waals surface area contributed by atoms with E-state index in [4.69, 9.17) is 9.47 Å². The molecule has 2 fully saturated rings. The Bertz CT molecular complexity index is 1000. The number of aryl methyl sites for hydroxylation is 1. The molecule has 8 nitrogen and oxygen atoms in total. The van der Waals surface area contributed by atoms with E-state index in [9.17, 15) is 8.42 Å². The van der Waals surface area contributed by atoms with Gasteiger partial charge in [-0.05, 0) is 25.1 Å². The highest BCUT2D eigenvalue weighted by atomic mass is 32.2. The maximum atomic E-state index is 12.7. The van der Waals surface area contributed by atoms with Crippen LogP contribution in [0.1, 0.15) is 32.0 Å². The number of hydrogen-bond acceptors (Lipinski definition) is 7. The monoisotopic (exact) mass is 432 g/mol. The second-order valence-corrected chi connectivity index (χ2v) is 10.6. The van der Waals surface area contributed by atoms with Crippen LogP contribution in [0.2, 0.25) is 0 Å². The number of hydrogen-bond donors (Lipinski definition) is 2. The standard InChI is InChI=1S/C21H28N4O4S/c1-13-5-7-14(8-6-13)30(26,27)25-16-12-29-18-15(11-28-19(16)18)23-20-22-10-9-17(24-20)21(2,3)4/h5-10,15-16,18-19,25H,11-12H2,1-4H3,(H,22,23,24)/t15-,16+,18-,19+/m0/s1. The van der Waals surface area contributed by atoms with Crippen molar-refractivity contribution in [2.75, 3.05) is 18.5 Å². The van der Waals surface area contributed by atoms with E-state index >= 15 is 0 Å². The maximum Gasteiger partial charge on any atom is 0.240 e. The molecule has 3 heterocycles. The van der Waals surface area contributed by atoms with Crippen molar-refractivity contribution in [3.8, 4) is 0 Å². The van der Waals surface area contributed by atoms with Crippen LogP contribution in [-0.4, -0.2) is 55.9 Å². The fourth-order valence-electron chi connectivity index (χ4n) is 3.72. The molecule has 162 valence electrons. The Kier molecular flexibility index (Phi) is 5.56. The van der Waals surface area contributed by atoms with Crippen LogP contribution in [0.25, 0.3) is 0 Å². The van der Waals surface area contributed by atoms with E-state index in [-0.39, 0.29) is 35.2 Å². The van der Waals surface area contributed by atoms with E-state index in [1.807, 2.05) is 13.0 Å². The summed E-state index contributed by atoms with van der Waals surface area (Å²) in [6.07, 6.45) is 1.09. The molecule has 0 spiro atoms. The highest BCUT2D eigenvalue weighted by molar-refractivity contribution is 7.89. The van der Waals surface area contributed by atoms with Crippen LogP contribution in [0.4, 0.5) is 5.95 Å². The van der Waals surface area contributed by atoms with Gasteiger partial charge in [-0.15, -0.1) is 0 Å². The summed E-state index contributed by atoms with van der Waals surface area (Å²) in [5, 5.41) is 3.30. The number of ether oxygens (including phenoxy) is 2. The van der Waals surface area contributed by atoms with Crippen LogP contribution in [0.3, 0.4) is 0 Å². The quantitative estimate of drug-likeness (QED) is 0.745. The summed E-state index contributed by atoms with van der Waals surface area (Å²) in [7, 11) is -3.65. The van der Waals surface area contributed by atoms with Gasteiger partial charge in [-0.25, -0.2) is 23.1 Å². The first-order valence-electron chi connectivity index (χ1n) is 10.1. The summed E-state index contributed by atoms with van der Waals surface area (Å²) in [5.41, 5.74) is 1.85. The van der Waals surface area contributed by atoms with Crippen molar-refractivity contribution in [2.24, 2.45) is 0 Å². The third kappa shape index (κ3) is 4.34. The summed E-state index contributed by atoms with van der Waals surface area (Å²) in [6.45, 7) is 8.85. The van der Waals surface area contributed by atoms with Gasteiger partial charge >= 0.3 is 0 Å². The SMILES string of the molecule is Cc1ccc(S(=O)(=O)N[C@@H]2CO[C@@H]3[C@@H]2OC[C@@H]3Nc2nccc(C(C)(C)C)n2)cc1. The minimum absolute atomic E-state index is 0.0860. The third-order valence-corrected chi connectivity index (χ3v) is 6.94. The number of sulfonamides is 1. The van der Waals surface area contributed by atoms with E-state index < -0.39 is 16.1 Å². The summed E-state index contributed by atoms with van der Waals surface area (Å²) in [6, 6.07) is 8.06. The second-order valence-electron chi connectivity index (χ2n) is 8.90. The van der Waals surface area contributed by atoms with Gasteiger partial charge in [0, 0.05) is 11.6 Å². The fourth-order valence-corrected chi connectivity index (χ4v) is 4.95. The minimum Gasteiger partial charge on any atom is -0.371 e. The zero-order valence-electron chi connectivity index (χ0n) is 17.6. The molecular formula is C21H28N4O4S. The lowest BCUT2D eigenvalue weighted by Crippen LogP contribution is -2.44. The Labute approximate surface area is 177 Å². The van der Waals surface area contributed by atoms with Crippen molar-refractivity contribution in [1.82, 2.24) is 14.7 Å². The number of benzene rings is 1. The Morgan fingerprint density at radius 3 is 2.30 bits per heavy atom. The van der Waals surface area contributed by atoms with Crippen LogP contribution < -0.4 is 10.0 Å².